The third-order valence-electron chi connectivity index (χ3n) is 2.96. The van der Waals surface area contributed by atoms with Crippen molar-refractivity contribution in [2.45, 2.75) is 13.0 Å². The van der Waals surface area contributed by atoms with Gasteiger partial charge in [-0.2, -0.15) is 5.10 Å². The number of fused-ring (bicyclic) bond motifs is 1. The lowest BCUT2D eigenvalue weighted by Gasteiger charge is -2.18. The van der Waals surface area contributed by atoms with E-state index in [1.54, 1.807) is 23.2 Å². The Balaban J connectivity index is 2.44. The van der Waals surface area contributed by atoms with Crippen molar-refractivity contribution in [3.8, 4) is 0 Å². The number of benzene rings is 1. The number of aromatic amines is 1. The van der Waals surface area contributed by atoms with Gasteiger partial charge < -0.3 is 10.7 Å². The van der Waals surface area contributed by atoms with Crippen molar-refractivity contribution in [1.82, 2.24) is 15.0 Å². The van der Waals surface area contributed by atoms with E-state index in [9.17, 15) is 4.79 Å². The maximum atomic E-state index is 11.1. The summed E-state index contributed by atoms with van der Waals surface area (Å²) >= 11 is 0. The fraction of sp³-hybridized carbons (Fsp3) is 0.250. The highest BCUT2D eigenvalue weighted by Crippen LogP contribution is 2.20. The molecule has 0 saturated carbocycles. The summed E-state index contributed by atoms with van der Waals surface area (Å²) < 4.78 is 0. The highest BCUT2D eigenvalue weighted by atomic mass is 16.1. The van der Waals surface area contributed by atoms with Gasteiger partial charge in [0.15, 0.2) is 0 Å². The van der Waals surface area contributed by atoms with E-state index in [4.69, 9.17) is 5.73 Å². The van der Waals surface area contributed by atoms with E-state index in [1.807, 2.05) is 14.0 Å². The molecule has 0 aliphatic carbocycles. The Morgan fingerprint density at radius 1 is 1.61 bits per heavy atom. The van der Waals surface area contributed by atoms with E-state index < -0.39 is 5.91 Å². The molecule has 3 N–H and O–H groups in total. The SMILES string of the molecule is C=NN(C)C(C)c1nc2ccc(C(N)=O)cc2[nH]1. The molecule has 1 aromatic carbocycles. The number of imidazole rings is 1. The standard InChI is InChI=1S/C12H15N5O/c1-7(17(3)14-2)12-15-9-5-4-8(11(13)18)6-10(9)16-12/h4-7H,2H2,1,3H3,(H2,13,18)(H,15,16). The molecule has 1 atom stereocenters. The second kappa shape index (κ2) is 4.48. The van der Waals surface area contributed by atoms with Crippen molar-refractivity contribution in [3.05, 3.63) is 29.6 Å². The van der Waals surface area contributed by atoms with Crippen LogP contribution < -0.4 is 5.73 Å². The zero-order valence-corrected chi connectivity index (χ0v) is 10.3. The third-order valence-corrected chi connectivity index (χ3v) is 2.96. The molecule has 0 spiro atoms. The monoisotopic (exact) mass is 245 g/mol. The quantitative estimate of drug-likeness (QED) is 0.628. The number of nitrogens with one attached hydrogen (secondary N) is 1. The first-order chi connectivity index (χ1) is 8.52. The van der Waals surface area contributed by atoms with Crippen LogP contribution in [0.5, 0.6) is 0 Å². The van der Waals surface area contributed by atoms with Crippen LogP contribution in [0.15, 0.2) is 23.3 Å². The van der Waals surface area contributed by atoms with Gasteiger partial charge in [0.1, 0.15) is 11.9 Å². The molecule has 18 heavy (non-hydrogen) atoms. The van der Waals surface area contributed by atoms with Crippen LogP contribution in [0.25, 0.3) is 11.0 Å². The smallest absolute Gasteiger partial charge is 0.248 e. The molecule has 0 bridgehead atoms. The Labute approximate surface area is 104 Å². The maximum Gasteiger partial charge on any atom is 0.248 e. The molecule has 1 amide bonds. The van der Waals surface area contributed by atoms with Gasteiger partial charge in [-0.25, -0.2) is 4.98 Å². The predicted molar refractivity (Wildman–Crippen MR) is 70.3 cm³/mol. The summed E-state index contributed by atoms with van der Waals surface area (Å²) in [5, 5.41) is 5.53. The van der Waals surface area contributed by atoms with Crippen molar-refractivity contribution in [1.29, 1.82) is 0 Å². The van der Waals surface area contributed by atoms with Crippen molar-refractivity contribution >= 4 is 23.7 Å². The van der Waals surface area contributed by atoms with E-state index in [-0.39, 0.29) is 6.04 Å². The van der Waals surface area contributed by atoms with Gasteiger partial charge in [0.25, 0.3) is 0 Å². The van der Waals surface area contributed by atoms with Gasteiger partial charge in [-0.1, -0.05) is 0 Å². The number of amides is 1. The van der Waals surface area contributed by atoms with Crippen LogP contribution in [-0.2, 0) is 0 Å². The van der Waals surface area contributed by atoms with Crippen molar-refractivity contribution in [2.24, 2.45) is 10.8 Å². The minimum atomic E-state index is -0.453. The lowest BCUT2D eigenvalue weighted by atomic mass is 10.2. The summed E-state index contributed by atoms with van der Waals surface area (Å²) in [6, 6.07) is 5.10. The second-order valence-electron chi connectivity index (χ2n) is 4.11. The minimum Gasteiger partial charge on any atom is -0.366 e. The molecular weight excluding hydrogens is 230 g/mol. The third kappa shape index (κ3) is 2.04. The summed E-state index contributed by atoms with van der Waals surface area (Å²) in [7, 11) is 1.82. The van der Waals surface area contributed by atoms with Crippen LogP contribution >= 0.6 is 0 Å². The fourth-order valence-electron chi connectivity index (χ4n) is 1.68. The number of aromatic nitrogens is 2. The molecule has 6 nitrogen and oxygen atoms in total. The van der Waals surface area contributed by atoms with Gasteiger partial charge in [0, 0.05) is 19.3 Å². The second-order valence-corrected chi connectivity index (χ2v) is 4.11. The molecule has 0 aliphatic heterocycles. The van der Waals surface area contributed by atoms with Crippen LogP contribution in [0, 0.1) is 0 Å². The first-order valence-corrected chi connectivity index (χ1v) is 5.52. The van der Waals surface area contributed by atoms with Gasteiger partial charge >= 0.3 is 0 Å². The number of nitrogens with zero attached hydrogens (tertiary/aromatic N) is 3. The van der Waals surface area contributed by atoms with Gasteiger partial charge in [-0.05, 0) is 25.1 Å². The maximum absolute atomic E-state index is 11.1. The molecular formula is C12H15N5O. The minimum absolute atomic E-state index is 0.0214. The Morgan fingerprint density at radius 2 is 2.33 bits per heavy atom. The molecule has 2 aromatic rings. The number of primary amides is 1. The number of H-pyrrole nitrogens is 1. The van der Waals surface area contributed by atoms with E-state index in [2.05, 4.69) is 21.8 Å². The van der Waals surface area contributed by atoms with E-state index in [0.29, 0.717) is 5.56 Å². The Kier molecular flexibility index (Phi) is 3.01. The summed E-state index contributed by atoms with van der Waals surface area (Å²) in [6.45, 7) is 5.43. The Hall–Kier alpha value is -2.37. The molecule has 0 fully saturated rings. The number of hydrogen-bond donors (Lipinski definition) is 2. The highest BCUT2D eigenvalue weighted by Gasteiger charge is 2.14. The van der Waals surface area contributed by atoms with Crippen molar-refractivity contribution in [2.75, 3.05) is 7.05 Å². The van der Waals surface area contributed by atoms with E-state index in [1.165, 1.54) is 0 Å². The lowest BCUT2D eigenvalue weighted by molar-refractivity contribution is 0.100. The van der Waals surface area contributed by atoms with Crippen molar-refractivity contribution in [3.63, 3.8) is 0 Å². The number of hydrogen-bond acceptors (Lipinski definition) is 4. The molecule has 0 saturated heterocycles. The zero-order chi connectivity index (χ0) is 13.3. The Bertz CT molecular complexity index is 604. The van der Waals surface area contributed by atoms with Gasteiger partial charge in [0.2, 0.25) is 5.91 Å². The number of rotatable bonds is 4. The van der Waals surface area contributed by atoms with E-state index in [0.717, 1.165) is 16.9 Å². The largest absolute Gasteiger partial charge is 0.366 e. The van der Waals surface area contributed by atoms with Crippen LogP contribution in [-0.4, -0.2) is 34.6 Å². The average Bonchev–Trinajstić information content (AvgIpc) is 2.79. The topological polar surface area (TPSA) is 87.4 Å². The number of carbonyl (C=O) groups excluding carboxylic acids is 1. The predicted octanol–water partition coefficient (Wildman–Crippen LogP) is 1.27. The molecule has 0 radical (unpaired) electrons. The van der Waals surface area contributed by atoms with Crippen molar-refractivity contribution < 1.29 is 4.79 Å². The number of carbonyl (C=O) groups is 1. The molecule has 0 aliphatic rings. The molecule has 1 heterocycles. The Morgan fingerprint density at radius 3 is 2.94 bits per heavy atom. The normalized spacial score (nSPS) is 12.3. The van der Waals surface area contributed by atoms with Gasteiger partial charge in [-0.15, -0.1) is 0 Å². The van der Waals surface area contributed by atoms with Gasteiger partial charge in [-0.3, -0.25) is 9.80 Å². The molecule has 6 heteroatoms. The first kappa shape index (κ1) is 12.1. The summed E-state index contributed by atoms with van der Waals surface area (Å²) in [4.78, 5) is 18.7. The first-order valence-electron chi connectivity index (χ1n) is 5.52. The summed E-state index contributed by atoms with van der Waals surface area (Å²) in [5.74, 6) is 0.312. The zero-order valence-electron chi connectivity index (χ0n) is 10.3. The van der Waals surface area contributed by atoms with Gasteiger partial charge in [0.05, 0.1) is 11.0 Å². The van der Waals surface area contributed by atoms with Crippen LogP contribution in [0.4, 0.5) is 0 Å². The highest BCUT2D eigenvalue weighted by molar-refractivity contribution is 5.96. The average molecular weight is 245 g/mol. The number of hydrazone groups is 1. The summed E-state index contributed by atoms with van der Waals surface area (Å²) in [6.07, 6.45) is 0. The molecule has 1 aromatic heterocycles. The van der Waals surface area contributed by atoms with Crippen LogP contribution in [0.2, 0.25) is 0 Å². The van der Waals surface area contributed by atoms with E-state index >= 15 is 0 Å². The molecule has 94 valence electrons. The lowest BCUT2D eigenvalue weighted by Crippen LogP contribution is -2.16. The van der Waals surface area contributed by atoms with Crippen LogP contribution in [0.1, 0.15) is 29.1 Å². The summed E-state index contributed by atoms with van der Waals surface area (Å²) in [5.41, 5.74) is 7.27. The number of nitrogens with two attached hydrogens (primary N) is 1. The molecule has 1 unspecified atom stereocenters. The van der Waals surface area contributed by atoms with Crippen LogP contribution in [0.3, 0.4) is 0 Å². The molecule has 2 rings (SSSR count). The fourth-order valence-corrected chi connectivity index (χ4v) is 1.68.